The first-order chi connectivity index (χ1) is 10.1. The molecule has 2 rings (SSSR count). The van der Waals surface area contributed by atoms with Crippen LogP contribution in [0.2, 0.25) is 0 Å². The van der Waals surface area contributed by atoms with E-state index in [4.69, 9.17) is 4.74 Å². The molecule has 0 unspecified atom stereocenters. The van der Waals surface area contributed by atoms with Crippen molar-refractivity contribution < 1.29 is 14.6 Å². The summed E-state index contributed by atoms with van der Waals surface area (Å²) in [5, 5.41) is 10.8. The second-order valence-corrected chi connectivity index (χ2v) is 5.56. The zero-order valence-corrected chi connectivity index (χ0v) is 12.5. The van der Waals surface area contributed by atoms with Crippen molar-refractivity contribution in [3.8, 4) is 5.75 Å². The highest BCUT2D eigenvalue weighted by Crippen LogP contribution is 2.17. The number of Topliss-reactive ketones (excluding diaryl/α,β-unsaturated/α-hetero) is 1. The number of hydrogen-bond donors (Lipinski definition) is 1. The molecule has 0 aliphatic carbocycles. The van der Waals surface area contributed by atoms with Gasteiger partial charge in [-0.3, -0.25) is 4.79 Å². The van der Waals surface area contributed by atoms with E-state index in [1.807, 2.05) is 18.2 Å². The van der Waals surface area contributed by atoms with E-state index in [9.17, 15) is 9.90 Å². The Hall–Kier alpha value is -1.85. The molecular weight excluding hydrogens is 286 g/mol. The number of ether oxygens (including phenoxy) is 1. The Kier molecular flexibility index (Phi) is 5.78. The van der Waals surface area contributed by atoms with Crippen molar-refractivity contribution in [3.05, 3.63) is 54.2 Å². The molecule has 0 saturated heterocycles. The largest absolute Gasteiger partial charge is 0.491 e. The van der Waals surface area contributed by atoms with E-state index in [2.05, 4.69) is 4.98 Å². The first kappa shape index (κ1) is 15.5. The normalized spacial score (nSPS) is 11.9. The van der Waals surface area contributed by atoms with E-state index in [0.29, 0.717) is 17.1 Å². The number of aromatic nitrogens is 1. The van der Waals surface area contributed by atoms with Gasteiger partial charge in [0.05, 0.1) is 11.1 Å². The Morgan fingerprint density at radius 3 is 2.67 bits per heavy atom. The standard InChI is InChI=1S/C16H17NO3S/c1-12(18)13-5-7-15(8-6-13)20-10-14(19)11-21-16-4-2-3-9-17-16/h2-9,14,19H,10-11H2,1H3/t14-/m1/s1. The third-order valence-electron chi connectivity index (χ3n) is 2.76. The zero-order chi connectivity index (χ0) is 15.1. The van der Waals surface area contributed by atoms with Crippen molar-refractivity contribution in [3.63, 3.8) is 0 Å². The van der Waals surface area contributed by atoms with Gasteiger partial charge in [0, 0.05) is 17.5 Å². The summed E-state index contributed by atoms with van der Waals surface area (Å²) >= 11 is 1.48. The summed E-state index contributed by atoms with van der Waals surface area (Å²) < 4.78 is 5.50. The first-order valence-corrected chi connectivity index (χ1v) is 7.59. The molecule has 1 atom stereocenters. The molecule has 1 heterocycles. The lowest BCUT2D eigenvalue weighted by atomic mass is 10.1. The van der Waals surface area contributed by atoms with Crippen molar-refractivity contribution in [1.29, 1.82) is 0 Å². The van der Waals surface area contributed by atoms with Crippen LogP contribution in [0.1, 0.15) is 17.3 Å². The maximum absolute atomic E-state index is 11.2. The highest BCUT2D eigenvalue weighted by molar-refractivity contribution is 7.99. The molecule has 0 radical (unpaired) electrons. The quantitative estimate of drug-likeness (QED) is 0.629. The minimum atomic E-state index is -0.579. The Balaban J connectivity index is 1.75. The number of rotatable bonds is 7. The molecule has 0 aliphatic heterocycles. The monoisotopic (exact) mass is 303 g/mol. The second kappa shape index (κ2) is 7.81. The van der Waals surface area contributed by atoms with Gasteiger partial charge in [0.15, 0.2) is 5.78 Å². The van der Waals surface area contributed by atoms with Crippen molar-refractivity contribution in [2.75, 3.05) is 12.4 Å². The smallest absolute Gasteiger partial charge is 0.159 e. The molecule has 1 aromatic heterocycles. The van der Waals surface area contributed by atoms with Crippen LogP contribution in [0, 0.1) is 0 Å². The van der Waals surface area contributed by atoms with E-state index in [1.165, 1.54) is 18.7 Å². The van der Waals surface area contributed by atoms with Crippen LogP contribution in [0.15, 0.2) is 53.7 Å². The minimum absolute atomic E-state index is 0.0216. The van der Waals surface area contributed by atoms with Crippen LogP contribution < -0.4 is 4.74 Å². The van der Waals surface area contributed by atoms with Crippen molar-refractivity contribution in [2.45, 2.75) is 18.1 Å². The van der Waals surface area contributed by atoms with Crippen molar-refractivity contribution >= 4 is 17.5 Å². The van der Waals surface area contributed by atoms with Gasteiger partial charge in [0.25, 0.3) is 0 Å². The SMILES string of the molecule is CC(=O)c1ccc(OC[C@@H](O)CSc2ccccn2)cc1. The molecule has 0 saturated carbocycles. The molecule has 1 N–H and O–H groups in total. The van der Waals surface area contributed by atoms with E-state index >= 15 is 0 Å². The molecule has 21 heavy (non-hydrogen) atoms. The van der Waals surface area contributed by atoms with Gasteiger partial charge in [0.2, 0.25) is 0 Å². The van der Waals surface area contributed by atoms with Crippen molar-refractivity contribution in [2.24, 2.45) is 0 Å². The highest BCUT2D eigenvalue weighted by Gasteiger charge is 2.07. The molecule has 0 bridgehead atoms. The van der Waals surface area contributed by atoms with Gasteiger partial charge in [-0.05, 0) is 43.3 Å². The van der Waals surface area contributed by atoms with E-state index < -0.39 is 6.10 Å². The molecule has 1 aromatic carbocycles. The lowest BCUT2D eigenvalue weighted by Gasteiger charge is -2.12. The fraction of sp³-hybridized carbons (Fsp3) is 0.250. The van der Waals surface area contributed by atoms with Crippen LogP contribution in [0.5, 0.6) is 5.75 Å². The number of nitrogens with zero attached hydrogens (tertiary/aromatic N) is 1. The maximum atomic E-state index is 11.2. The Labute approximate surface area is 128 Å². The first-order valence-electron chi connectivity index (χ1n) is 6.61. The number of hydrogen-bond acceptors (Lipinski definition) is 5. The number of benzene rings is 1. The van der Waals surface area contributed by atoms with Gasteiger partial charge in [-0.15, -0.1) is 11.8 Å². The molecule has 110 valence electrons. The Bertz CT molecular complexity index is 572. The number of carbonyl (C=O) groups excluding carboxylic acids is 1. The van der Waals surface area contributed by atoms with Gasteiger partial charge < -0.3 is 9.84 Å². The molecule has 5 heteroatoms. The predicted octanol–water partition coefficient (Wildman–Crippen LogP) is 2.82. The van der Waals surface area contributed by atoms with Gasteiger partial charge in [-0.1, -0.05) is 6.07 Å². The number of aliphatic hydroxyl groups excluding tert-OH is 1. The van der Waals surface area contributed by atoms with E-state index in [-0.39, 0.29) is 12.4 Å². The zero-order valence-electron chi connectivity index (χ0n) is 11.7. The lowest BCUT2D eigenvalue weighted by Crippen LogP contribution is -2.20. The molecule has 0 amide bonds. The third kappa shape index (κ3) is 5.21. The second-order valence-electron chi connectivity index (χ2n) is 4.52. The van der Waals surface area contributed by atoms with Crippen molar-refractivity contribution in [1.82, 2.24) is 4.98 Å². The summed E-state index contributed by atoms with van der Waals surface area (Å²) in [4.78, 5) is 15.3. The van der Waals surface area contributed by atoms with Crippen LogP contribution in [0.4, 0.5) is 0 Å². The van der Waals surface area contributed by atoms with Crippen LogP contribution in [0.3, 0.4) is 0 Å². The molecular formula is C16H17NO3S. The number of carbonyl (C=O) groups is 1. The lowest BCUT2D eigenvalue weighted by molar-refractivity contribution is 0.101. The van der Waals surface area contributed by atoms with Crippen LogP contribution in [-0.2, 0) is 0 Å². The predicted molar refractivity (Wildman–Crippen MR) is 82.9 cm³/mol. The van der Waals surface area contributed by atoms with E-state index in [1.54, 1.807) is 30.5 Å². The minimum Gasteiger partial charge on any atom is -0.491 e. The third-order valence-corrected chi connectivity index (χ3v) is 3.85. The number of thioether (sulfide) groups is 1. The van der Waals surface area contributed by atoms with Gasteiger partial charge in [-0.2, -0.15) is 0 Å². The Morgan fingerprint density at radius 1 is 1.29 bits per heavy atom. The van der Waals surface area contributed by atoms with Crippen LogP contribution in [0.25, 0.3) is 0 Å². The summed E-state index contributed by atoms with van der Waals surface area (Å²) in [5.41, 5.74) is 0.647. The fourth-order valence-corrected chi connectivity index (χ4v) is 2.41. The van der Waals surface area contributed by atoms with Crippen LogP contribution >= 0.6 is 11.8 Å². The van der Waals surface area contributed by atoms with Gasteiger partial charge in [0.1, 0.15) is 12.4 Å². The summed E-state index contributed by atoms with van der Waals surface area (Å²) in [6, 6.07) is 12.6. The van der Waals surface area contributed by atoms with Gasteiger partial charge >= 0.3 is 0 Å². The molecule has 0 aliphatic rings. The average molecular weight is 303 g/mol. The molecule has 0 spiro atoms. The van der Waals surface area contributed by atoms with Gasteiger partial charge in [-0.25, -0.2) is 4.98 Å². The average Bonchev–Trinajstić information content (AvgIpc) is 2.52. The highest BCUT2D eigenvalue weighted by atomic mass is 32.2. The maximum Gasteiger partial charge on any atom is 0.159 e. The summed E-state index contributed by atoms with van der Waals surface area (Å²) in [6.45, 7) is 1.73. The number of ketones is 1. The summed E-state index contributed by atoms with van der Waals surface area (Å²) in [7, 11) is 0. The summed E-state index contributed by atoms with van der Waals surface area (Å²) in [5.74, 6) is 1.18. The number of aliphatic hydroxyl groups is 1. The molecule has 2 aromatic rings. The topological polar surface area (TPSA) is 59.4 Å². The van der Waals surface area contributed by atoms with E-state index in [0.717, 1.165) is 5.03 Å². The van der Waals surface area contributed by atoms with Crippen LogP contribution in [-0.4, -0.2) is 34.3 Å². The fourth-order valence-electron chi connectivity index (χ4n) is 1.64. The Morgan fingerprint density at radius 2 is 2.05 bits per heavy atom. The molecule has 4 nitrogen and oxygen atoms in total. The summed E-state index contributed by atoms with van der Waals surface area (Å²) in [6.07, 6.45) is 1.14. The number of pyridine rings is 1. The molecule has 0 fully saturated rings.